The van der Waals surface area contributed by atoms with Crippen LogP contribution in [0.3, 0.4) is 0 Å². The van der Waals surface area contributed by atoms with E-state index < -0.39 is 0 Å². The molecule has 1 aromatic heterocycles. The molecule has 0 radical (unpaired) electrons. The van der Waals surface area contributed by atoms with Crippen molar-refractivity contribution in [1.29, 1.82) is 0 Å². The Morgan fingerprint density at radius 1 is 1.47 bits per heavy atom. The molecule has 0 atom stereocenters. The van der Waals surface area contributed by atoms with Crippen LogP contribution in [0.15, 0.2) is 5.38 Å². The average molecular weight is 297 g/mol. The predicted octanol–water partition coefficient (Wildman–Crippen LogP) is 1.50. The zero-order chi connectivity index (χ0) is 13.4. The van der Waals surface area contributed by atoms with Crippen LogP contribution in [0.2, 0.25) is 0 Å². The van der Waals surface area contributed by atoms with Gasteiger partial charge in [-0.1, -0.05) is 11.8 Å². The van der Waals surface area contributed by atoms with E-state index in [0.717, 1.165) is 31.1 Å². The summed E-state index contributed by atoms with van der Waals surface area (Å²) in [6.07, 6.45) is 2.16. The molecule has 1 saturated heterocycles. The second-order valence-electron chi connectivity index (χ2n) is 4.90. The van der Waals surface area contributed by atoms with Crippen molar-refractivity contribution in [3.8, 4) is 0 Å². The summed E-state index contributed by atoms with van der Waals surface area (Å²) < 4.78 is 0. The summed E-state index contributed by atoms with van der Waals surface area (Å²) >= 11 is 2.88. The molecular weight excluding hydrogens is 282 g/mol. The highest BCUT2D eigenvalue weighted by Gasteiger charge is 2.31. The van der Waals surface area contributed by atoms with E-state index >= 15 is 0 Å². The highest BCUT2D eigenvalue weighted by Crippen LogP contribution is 2.30. The molecule has 0 aromatic carbocycles. The first-order valence-electron chi connectivity index (χ1n) is 6.30. The van der Waals surface area contributed by atoms with Gasteiger partial charge in [-0.3, -0.25) is 9.59 Å². The minimum absolute atomic E-state index is 0.0693. The number of aromatic nitrogens is 1. The number of thiazole rings is 1. The zero-order valence-electron chi connectivity index (χ0n) is 10.6. The van der Waals surface area contributed by atoms with Crippen molar-refractivity contribution in [3.63, 3.8) is 0 Å². The van der Waals surface area contributed by atoms with Gasteiger partial charge in [-0.2, -0.15) is 0 Å². The zero-order valence-corrected chi connectivity index (χ0v) is 12.2. The molecule has 3 rings (SSSR count). The van der Waals surface area contributed by atoms with Crippen LogP contribution in [-0.2, 0) is 4.79 Å². The molecule has 1 aliphatic carbocycles. The van der Waals surface area contributed by atoms with Crippen LogP contribution < -0.4 is 10.2 Å². The molecular formula is C12H15N3O2S2. The molecule has 102 valence electrons. The van der Waals surface area contributed by atoms with Gasteiger partial charge in [0.2, 0.25) is 0 Å². The second kappa shape index (κ2) is 5.13. The largest absolute Gasteiger partial charge is 0.348 e. The predicted molar refractivity (Wildman–Crippen MR) is 76.9 cm³/mol. The summed E-state index contributed by atoms with van der Waals surface area (Å²) in [5.41, 5.74) is 0.509. The number of rotatable bonds is 4. The van der Waals surface area contributed by atoms with Gasteiger partial charge < -0.3 is 10.2 Å². The second-order valence-corrected chi connectivity index (χ2v) is 7.21. The lowest BCUT2D eigenvalue weighted by Gasteiger charge is -2.37. The van der Waals surface area contributed by atoms with Gasteiger partial charge in [-0.25, -0.2) is 4.98 Å². The standard InChI is InChI=1S/C12H15N3O2S2/c1-7(16)19-9-4-15(5-9)12-14-10(6-18-12)11(17)13-8-2-3-8/h6,8-9H,2-5H2,1H3,(H,13,17). The topological polar surface area (TPSA) is 62.3 Å². The van der Waals surface area contributed by atoms with Crippen molar-refractivity contribution in [2.75, 3.05) is 18.0 Å². The number of carbonyl (C=O) groups excluding carboxylic acids is 2. The maximum Gasteiger partial charge on any atom is 0.271 e. The van der Waals surface area contributed by atoms with Gasteiger partial charge in [-0.05, 0) is 12.8 Å². The fourth-order valence-electron chi connectivity index (χ4n) is 1.90. The van der Waals surface area contributed by atoms with Gasteiger partial charge in [0.25, 0.3) is 5.91 Å². The van der Waals surface area contributed by atoms with E-state index in [1.807, 2.05) is 0 Å². The monoisotopic (exact) mass is 297 g/mol. The Morgan fingerprint density at radius 2 is 2.21 bits per heavy atom. The molecule has 1 saturated carbocycles. The first-order valence-corrected chi connectivity index (χ1v) is 8.06. The van der Waals surface area contributed by atoms with Crippen LogP contribution in [0.1, 0.15) is 30.3 Å². The molecule has 2 heterocycles. The summed E-state index contributed by atoms with van der Waals surface area (Å²) in [5, 5.41) is 6.14. The molecule has 7 heteroatoms. The van der Waals surface area contributed by atoms with Crippen LogP contribution in [0, 0.1) is 0 Å². The minimum Gasteiger partial charge on any atom is -0.348 e. The summed E-state index contributed by atoms with van der Waals surface area (Å²) in [7, 11) is 0. The lowest BCUT2D eigenvalue weighted by atomic mass is 10.2. The van der Waals surface area contributed by atoms with E-state index in [1.54, 1.807) is 12.3 Å². The molecule has 2 aliphatic rings. The third-order valence-corrected chi connectivity index (χ3v) is 4.95. The fourth-order valence-corrected chi connectivity index (χ4v) is 3.71. The Hall–Kier alpha value is -1.08. The Kier molecular flexibility index (Phi) is 3.49. The number of thioether (sulfide) groups is 1. The average Bonchev–Trinajstić information content (AvgIpc) is 2.97. The third-order valence-electron chi connectivity index (χ3n) is 3.09. The van der Waals surface area contributed by atoms with Crippen molar-refractivity contribution in [3.05, 3.63) is 11.1 Å². The molecule has 19 heavy (non-hydrogen) atoms. The summed E-state index contributed by atoms with van der Waals surface area (Å²) in [4.78, 5) is 29.3. The van der Waals surface area contributed by atoms with Gasteiger partial charge in [-0.15, -0.1) is 11.3 Å². The van der Waals surface area contributed by atoms with E-state index in [1.165, 1.54) is 23.1 Å². The Bertz CT molecular complexity index is 507. The Morgan fingerprint density at radius 3 is 2.84 bits per heavy atom. The molecule has 2 fully saturated rings. The van der Waals surface area contributed by atoms with Crippen LogP contribution in [0.5, 0.6) is 0 Å². The van der Waals surface area contributed by atoms with Crippen molar-refractivity contribution in [1.82, 2.24) is 10.3 Å². The maximum absolute atomic E-state index is 11.8. The number of hydrogen-bond donors (Lipinski definition) is 1. The number of anilines is 1. The van der Waals surface area contributed by atoms with Crippen LogP contribution >= 0.6 is 23.1 Å². The smallest absolute Gasteiger partial charge is 0.271 e. The highest BCUT2D eigenvalue weighted by molar-refractivity contribution is 8.14. The van der Waals surface area contributed by atoms with E-state index in [9.17, 15) is 9.59 Å². The Labute approximate surface area is 119 Å². The molecule has 1 amide bonds. The van der Waals surface area contributed by atoms with Crippen molar-refractivity contribution < 1.29 is 9.59 Å². The first-order chi connectivity index (χ1) is 9.11. The van der Waals surface area contributed by atoms with Crippen molar-refractivity contribution in [2.45, 2.75) is 31.1 Å². The molecule has 1 N–H and O–H groups in total. The van der Waals surface area contributed by atoms with Crippen LogP contribution in [-0.4, -0.2) is 40.4 Å². The quantitative estimate of drug-likeness (QED) is 0.912. The Balaban J connectivity index is 1.54. The summed E-state index contributed by atoms with van der Waals surface area (Å²) in [5.74, 6) is -0.0693. The van der Waals surface area contributed by atoms with Gasteiger partial charge in [0, 0.05) is 36.7 Å². The summed E-state index contributed by atoms with van der Waals surface area (Å²) in [6, 6.07) is 0.359. The molecule has 0 spiro atoms. The number of nitrogens with zero attached hydrogens (tertiary/aromatic N) is 2. The molecule has 1 aromatic rings. The highest BCUT2D eigenvalue weighted by atomic mass is 32.2. The van der Waals surface area contributed by atoms with Gasteiger partial charge in [0.05, 0.1) is 0 Å². The van der Waals surface area contributed by atoms with E-state index in [4.69, 9.17) is 0 Å². The summed E-state index contributed by atoms with van der Waals surface area (Å²) in [6.45, 7) is 3.26. The van der Waals surface area contributed by atoms with E-state index in [-0.39, 0.29) is 11.0 Å². The number of hydrogen-bond acceptors (Lipinski definition) is 6. The number of carbonyl (C=O) groups is 2. The molecule has 5 nitrogen and oxygen atoms in total. The normalized spacial score (nSPS) is 19.1. The van der Waals surface area contributed by atoms with E-state index in [2.05, 4.69) is 15.2 Å². The van der Waals surface area contributed by atoms with Crippen molar-refractivity contribution in [2.24, 2.45) is 0 Å². The van der Waals surface area contributed by atoms with Crippen LogP contribution in [0.4, 0.5) is 5.13 Å². The lowest BCUT2D eigenvalue weighted by molar-refractivity contribution is -0.109. The van der Waals surface area contributed by atoms with Crippen molar-refractivity contribution >= 4 is 39.3 Å². The van der Waals surface area contributed by atoms with Gasteiger partial charge in [0.15, 0.2) is 10.2 Å². The maximum atomic E-state index is 11.8. The van der Waals surface area contributed by atoms with Gasteiger partial charge in [0.1, 0.15) is 5.69 Å². The molecule has 0 unspecified atom stereocenters. The first kappa shape index (κ1) is 12.9. The van der Waals surface area contributed by atoms with Crippen LogP contribution in [0.25, 0.3) is 0 Å². The minimum atomic E-state index is -0.0693. The van der Waals surface area contributed by atoms with Gasteiger partial charge >= 0.3 is 0 Å². The molecule has 0 bridgehead atoms. The molecule has 1 aliphatic heterocycles. The third kappa shape index (κ3) is 3.09. The SMILES string of the molecule is CC(=O)SC1CN(c2nc(C(=O)NC3CC3)cs2)C1. The number of nitrogens with one attached hydrogen (secondary N) is 1. The fraction of sp³-hybridized carbons (Fsp3) is 0.583. The lowest BCUT2D eigenvalue weighted by Crippen LogP contribution is -2.49. The van der Waals surface area contributed by atoms with E-state index in [0.29, 0.717) is 17.0 Å². The number of amides is 1.